The molecule has 0 saturated carbocycles. The van der Waals surface area contributed by atoms with Crippen molar-refractivity contribution in [2.75, 3.05) is 19.8 Å². The zero-order valence-corrected chi connectivity index (χ0v) is 11.4. The zero-order chi connectivity index (χ0) is 11.7. The first-order valence-corrected chi connectivity index (χ1v) is 7.64. The van der Waals surface area contributed by atoms with Crippen LogP contribution in [0.4, 0.5) is 0 Å². The molecule has 0 aromatic heterocycles. The Morgan fingerprint density at radius 2 is 1.33 bits per heavy atom. The Morgan fingerprint density at radius 3 is 1.60 bits per heavy atom. The number of hydrogen-bond donors (Lipinski definition) is 1. The van der Waals surface area contributed by atoms with E-state index >= 15 is 0 Å². The topological polar surface area (TPSA) is 53.7 Å². The molecule has 0 rings (SSSR count). The van der Waals surface area contributed by atoms with Crippen molar-refractivity contribution in [3.63, 3.8) is 0 Å². The van der Waals surface area contributed by atoms with Crippen molar-refractivity contribution in [2.45, 2.75) is 46.2 Å². The molecule has 0 aromatic carbocycles. The Balaban J connectivity index is 4.57. The lowest BCUT2D eigenvalue weighted by Crippen LogP contribution is -2.60. The molecule has 0 aliphatic heterocycles. The fourth-order valence-corrected chi connectivity index (χ4v) is 4.28. The van der Waals surface area contributed by atoms with E-state index in [-0.39, 0.29) is 5.67 Å². The average molecular weight is 235 g/mol. The highest BCUT2D eigenvalue weighted by Gasteiger charge is 2.46. The lowest BCUT2D eigenvalue weighted by atomic mass is 10.3. The van der Waals surface area contributed by atoms with Crippen LogP contribution >= 0.6 is 0 Å². The number of rotatable bonds is 9. The predicted molar refractivity (Wildman–Crippen MR) is 63.5 cm³/mol. The molecule has 0 amide bonds. The van der Waals surface area contributed by atoms with Crippen molar-refractivity contribution in [1.82, 2.24) is 0 Å². The van der Waals surface area contributed by atoms with Crippen molar-refractivity contribution in [3.05, 3.63) is 0 Å². The summed E-state index contributed by atoms with van der Waals surface area (Å²) in [7, 11) is -2.64. The van der Waals surface area contributed by atoms with Gasteiger partial charge in [0.05, 0.1) is 5.67 Å². The summed E-state index contributed by atoms with van der Waals surface area (Å²) in [6.07, 6.45) is 1.90. The maximum atomic E-state index is 6.11. The maximum Gasteiger partial charge on any atom is 0.518 e. The second-order valence-electron chi connectivity index (χ2n) is 3.30. The molecule has 92 valence electrons. The molecule has 0 aromatic rings. The van der Waals surface area contributed by atoms with Crippen molar-refractivity contribution in [2.24, 2.45) is 5.73 Å². The van der Waals surface area contributed by atoms with Crippen LogP contribution in [0.2, 0.25) is 0 Å². The zero-order valence-electron chi connectivity index (χ0n) is 10.4. The highest BCUT2D eigenvalue weighted by Crippen LogP contribution is 2.17. The van der Waals surface area contributed by atoms with E-state index in [1.165, 1.54) is 0 Å². The Kier molecular flexibility index (Phi) is 8.27. The first-order valence-electron chi connectivity index (χ1n) is 5.84. The van der Waals surface area contributed by atoms with Gasteiger partial charge in [0.2, 0.25) is 0 Å². The molecule has 0 fully saturated rings. The van der Waals surface area contributed by atoms with Crippen LogP contribution in [0.3, 0.4) is 0 Å². The molecule has 2 N–H and O–H groups in total. The van der Waals surface area contributed by atoms with Crippen LogP contribution in [0, 0.1) is 0 Å². The second kappa shape index (κ2) is 8.24. The maximum absolute atomic E-state index is 6.11. The predicted octanol–water partition coefficient (Wildman–Crippen LogP) is 1.70. The van der Waals surface area contributed by atoms with Crippen LogP contribution in [-0.2, 0) is 13.3 Å². The van der Waals surface area contributed by atoms with Crippen molar-refractivity contribution < 1.29 is 13.3 Å². The van der Waals surface area contributed by atoms with Crippen LogP contribution < -0.4 is 5.73 Å². The van der Waals surface area contributed by atoms with E-state index in [2.05, 4.69) is 6.92 Å². The molecule has 0 spiro atoms. The molecule has 5 heteroatoms. The summed E-state index contributed by atoms with van der Waals surface area (Å²) in [4.78, 5) is 0. The third-order valence-corrected chi connectivity index (χ3v) is 5.36. The van der Waals surface area contributed by atoms with Crippen LogP contribution in [0.5, 0.6) is 0 Å². The molecule has 0 unspecified atom stereocenters. The standard InChI is InChI=1S/C10H25NO3Si/c1-5-9-10(11)15(12-6-2,13-7-3)14-8-4/h10H,5-9,11H2,1-4H3/t10-/m0/s1. The highest BCUT2D eigenvalue weighted by molar-refractivity contribution is 6.62. The summed E-state index contributed by atoms with van der Waals surface area (Å²) in [5.41, 5.74) is 6.00. The summed E-state index contributed by atoms with van der Waals surface area (Å²) < 4.78 is 17.1. The van der Waals surface area contributed by atoms with Gasteiger partial charge in [0.1, 0.15) is 0 Å². The average Bonchev–Trinajstić information content (AvgIpc) is 2.19. The molecule has 15 heavy (non-hydrogen) atoms. The van der Waals surface area contributed by atoms with Gasteiger partial charge in [0.15, 0.2) is 0 Å². The Bertz CT molecular complexity index is 141. The van der Waals surface area contributed by atoms with Gasteiger partial charge in [-0.25, -0.2) is 0 Å². The lowest BCUT2D eigenvalue weighted by Gasteiger charge is -2.33. The van der Waals surface area contributed by atoms with Crippen LogP contribution in [0.1, 0.15) is 40.5 Å². The monoisotopic (exact) mass is 235 g/mol. The minimum Gasteiger partial charge on any atom is -0.373 e. The van der Waals surface area contributed by atoms with E-state index in [1.807, 2.05) is 20.8 Å². The van der Waals surface area contributed by atoms with Crippen molar-refractivity contribution in [1.29, 1.82) is 0 Å². The Labute approximate surface area is 94.5 Å². The van der Waals surface area contributed by atoms with Gasteiger partial charge in [-0.3, -0.25) is 0 Å². The minimum atomic E-state index is -2.64. The molecule has 0 bridgehead atoms. The summed E-state index contributed by atoms with van der Waals surface area (Å²) in [6, 6.07) is 0. The quantitative estimate of drug-likeness (QED) is 0.618. The molecule has 0 saturated heterocycles. The SMILES string of the molecule is CCC[C@@H](N)[Si](OCC)(OCC)OCC. The van der Waals surface area contributed by atoms with Gasteiger partial charge in [-0.15, -0.1) is 0 Å². The summed E-state index contributed by atoms with van der Waals surface area (Å²) in [6.45, 7) is 9.69. The van der Waals surface area contributed by atoms with Gasteiger partial charge in [-0.05, 0) is 27.2 Å². The Morgan fingerprint density at radius 1 is 0.933 bits per heavy atom. The van der Waals surface area contributed by atoms with Gasteiger partial charge in [0.25, 0.3) is 0 Å². The van der Waals surface area contributed by atoms with Crippen LogP contribution in [0.15, 0.2) is 0 Å². The lowest BCUT2D eigenvalue weighted by molar-refractivity contribution is 0.0612. The van der Waals surface area contributed by atoms with Gasteiger partial charge in [-0.2, -0.15) is 0 Å². The van der Waals surface area contributed by atoms with Crippen LogP contribution in [0.25, 0.3) is 0 Å². The third-order valence-electron chi connectivity index (χ3n) is 2.09. The molecule has 0 aliphatic rings. The number of nitrogens with two attached hydrogens (primary N) is 1. The second-order valence-corrected chi connectivity index (χ2v) is 6.11. The summed E-state index contributed by atoms with van der Waals surface area (Å²) in [5.74, 6) is 0. The molecule has 4 nitrogen and oxygen atoms in total. The minimum absolute atomic E-state index is 0.109. The first kappa shape index (κ1) is 15.1. The fraction of sp³-hybridized carbons (Fsp3) is 1.00. The summed E-state index contributed by atoms with van der Waals surface area (Å²) in [5, 5.41) is 0. The highest BCUT2D eigenvalue weighted by atomic mass is 28.4. The third kappa shape index (κ3) is 4.61. The Hall–Kier alpha value is 0.0569. The van der Waals surface area contributed by atoms with E-state index in [0.717, 1.165) is 12.8 Å². The van der Waals surface area contributed by atoms with E-state index in [4.69, 9.17) is 19.0 Å². The number of hydrogen-bond acceptors (Lipinski definition) is 4. The first-order chi connectivity index (χ1) is 7.16. The van der Waals surface area contributed by atoms with E-state index in [1.54, 1.807) is 0 Å². The smallest absolute Gasteiger partial charge is 0.373 e. The van der Waals surface area contributed by atoms with Gasteiger partial charge >= 0.3 is 8.80 Å². The van der Waals surface area contributed by atoms with Crippen LogP contribution in [-0.4, -0.2) is 34.3 Å². The van der Waals surface area contributed by atoms with Crippen molar-refractivity contribution >= 4 is 8.80 Å². The van der Waals surface area contributed by atoms with E-state index < -0.39 is 8.80 Å². The molecule has 0 heterocycles. The normalized spacial score (nSPS) is 14.2. The van der Waals surface area contributed by atoms with Gasteiger partial charge in [-0.1, -0.05) is 13.3 Å². The molecule has 0 radical (unpaired) electrons. The molecular weight excluding hydrogens is 210 g/mol. The summed E-state index contributed by atoms with van der Waals surface area (Å²) >= 11 is 0. The molecule has 1 atom stereocenters. The molecular formula is C10H25NO3Si. The molecule has 0 aliphatic carbocycles. The van der Waals surface area contributed by atoms with Crippen molar-refractivity contribution in [3.8, 4) is 0 Å². The largest absolute Gasteiger partial charge is 0.518 e. The van der Waals surface area contributed by atoms with Gasteiger partial charge in [0, 0.05) is 19.8 Å². The fourth-order valence-electron chi connectivity index (χ4n) is 1.54. The van der Waals surface area contributed by atoms with E-state index in [0.29, 0.717) is 19.8 Å². The van der Waals surface area contributed by atoms with E-state index in [9.17, 15) is 0 Å². The van der Waals surface area contributed by atoms with Gasteiger partial charge < -0.3 is 19.0 Å².